The van der Waals surface area contributed by atoms with Crippen molar-refractivity contribution in [2.45, 2.75) is 0 Å². The molecule has 0 saturated heterocycles. The van der Waals surface area contributed by atoms with E-state index in [0.717, 1.165) is 70.9 Å². The van der Waals surface area contributed by atoms with Crippen molar-refractivity contribution in [1.82, 2.24) is 29.1 Å². The van der Waals surface area contributed by atoms with Crippen LogP contribution < -0.4 is 0 Å². The van der Waals surface area contributed by atoms with Crippen molar-refractivity contribution in [3.8, 4) is 67.3 Å². The smallest absolute Gasteiger partial charge is 0.143 e. The third-order valence-electron chi connectivity index (χ3n) is 19.0. The molecule has 0 N–H and O–H groups in total. The monoisotopic (exact) mass is 1290 g/mol. The highest BCUT2D eigenvalue weighted by Gasteiger charge is 2.20. The minimum absolute atomic E-state index is 0.864. The zero-order valence-electron chi connectivity index (χ0n) is 51.2. The Morgan fingerprint density at radius 2 is 0.656 bits per heavy atom. The number of para-hydroxylation sites is 4. The summed E-state index contributed by atoms with van der Waals surface area (Å²) >= 11 is 7.12. The fourth-order valence-electron chi connectivity index (χ4n) is 14.5. The summed E-state index contributed by atoms with van der Waals surface area (Å²) in [5.74, 6) is 0. The van der Waals surface area contributed by atoms with Gasteiger partial charge in [0.1, 0.15) is 20.7 Å². The second-order valence-corrected chi connectivity index (χ2v) is 28.6. The van der Waals surface area contributed by atoms with E-state index in [0.29, 0.717) is 0 Å². The number of thiophene rings is 4. The van der Waals surface area contributed by atoms with Crippen molar-refractivity contribution >= 4 is 170 Å². The molecule has 0 unspecified atom stereocenters. The van der Waals surface area contributed by atoms with Gasteiger partial charge in [-0.05, 0) is 124 Å². The van der Waals surface area contributed by atoms with Crippen molar-refractivity contribution in [3.05, 3.63) is 304 Å². The van der Waals surface area contributed by atoms with Crippen LogP contribution in [0.3, 0.4) is 0 Å². The Bertz CT molecular complexity index is 6440. The van der Waals surface area contributed by atoms with Crippen LogP contribution in [0.25, 0.3) is 192 Å². The van der Waals surface area contributed by atoms with Crippen LogP contribution in [-0.4, -0.2) is 29.1 Å². The summed E-state index contributed by atoms with van der Waals surface area (Å²) < 4.78 is 12.3. The van der Waals surface area contributed by atoms with E-state index >= 15 is 0 Å². The second-order valence-electron chi connectivity index (χ2n) is 24.4. The predicted molar refractivity (Wildman–Crippen MR) is 411 cm³/mol. The van der Waals surface area contributed by atoms with E-state index in [1.54, 1.807) is 22.7 Å². The Hall–Kier alpha value is -11.5. The fraction of sp³-hybridized carbons (Fsp3) is 0. The van der Waals surface area contributed by atoms with Gasteiger partial charge in [0, 0.05) is 105 Å². The van der Waals surface area contributed by atoms with Crippen molar-refractivity contribution < 1.29 is 0 Å². The number of benzene rings is 13. The number of fused-ring (bicyclic) bond motifs is 18. The summed E-state index contributed by atoms with van der Waals surface area (Å²) in [5.41, 5.74) is 20.2. The first-order chi connectivity index (χ1) is 47.6. The van der Waals surface area contributed by atoms with E-state index in [-0.39, 0.29) is 0 Å². The Labute approximate surface area is 565 Å². The van der Waals surface area contributed by atoms with Crippen molar-refractivity contribution in [3.63, 3.8) is 0 Å². The summed E-state index contributed by atoms with van der Waals surface area (Å²) in [6, 6.07) is 105. The van der Waals surface area contributed by atoms with Gasteiger partial charge in [-0.15, -0.1) is 45.3 Å². The molecule has 6 nitrogen and oxygen atoms in total. The molecule has 0 aliphatic carbocycles. The lowest BCUT2D eigenvalue weighted by Gasteiger charge is -2.11. The highest BCUT2D eigenvalue weighted by Crippen LogP contribution is 2.45. The summed E-state index contributed by atoms with van der Waals surface area (Å²) in [7, 11) is 0. The first kappa shape index (κ1) is 55.0. The maximum atomic E-state index is 5.28. The summed E-state index contributed by atoms with van der Waals surface area (Å²) in [6.45, 7) is 0. The Kier molecular flexibility index (Phi) is 12.6. The number of rotatable bonds is 7. The number of nitrogens with zero attached hydrogens (tertiary/aromatic N) is 6. The quantitative estimate of drug-likeness (QED) is 0.160. The molecule has 0 bridgehead atoms. The maximum absolute atomic E-state index is 5.28. The van der Waals surface area contributed by atoms with Crippen LogP contribution in [0.1, 0.15) is 0 Å². The molecule has 0 aliphatic rings. The molecule has 8 heterocycles. The van der Waals surface area contributed by atoms with Crippen molar-refractivity contribution in [1.29, 1.82) is 0 Å². The molecule has 13 aromatic carbocycles. The van der Waals surface area contributed by atoms with Gasteiger partial charge in [0.05, 0.1) is 45.8 Å². The number of hydrogen-bond donors (Lipinski definition) is 0. The zero-order chi connectivity index (χ0) is 63.0. The van der Waals surface area contributed by atoms with E-state index in [4.69, 9.17) is 19.9 Å². The molecule has 8 aromatic heterocycles. The molecule has 96 heavy (non-hydrogen) atoms. The van der Waals surface area contributed by atoms with E-state index in [1.165, 1.54) is 121 Å². The van der Waals surface area contributed by atoms with Gasteiger partial charge in [-0.25, -0.2) is 15.0 Å². The average Bonchev–Trinajstić information content (AvgIpc) is 1.63. The van der Waals surface area contributed by atoms with Gasteiger partial charge in [0.25, 0.3) is 0 Å². The van der Waals surface area contributed by atoms with E-state index in [9.17, 15) is 0 Å². The molecule has 0 fully saturated rings. The van der Waals surface area contributed by atoms with Gasteiger partial charge in [-0.1, -0.05) is 200 Å². The lowest BCUT2D eigenvalue weighted by molar-refractivity contribution is 1.18. The first-order valence-corrected chi connectivity index (χ1v) is 35.3. The van der Waals surface area contributed by atoms with Crippen LogP contribution >= 0.6 is 45.3 Å². The molecule has 0 radical (unpaired) electrons. The lowest BCUT2D eigenvalue weighted by atomic mass is 9.97. The van der Waals surface area contributed by atoms with Crippen molar-refractivity contribution in [2.75, 3.05) is 0 Å². The highest BCUT2D eigenvalue weighted by molar-refractivity contribution is 7.27. The molecule has 0 aliphatic heterocycles. The lowest BCUT2D eigenvalue weighted by Crippen LogP contribution is -1.95. The topological polar surface area (TPSA) is 61.4 Å². The predicted octanol–water partition coefficient (Wildman–Crippen LogP) is 25.0. The van der Waals surface area contributed by atoms with E-state index in [1.807, 2.05) is 35.1 Å². The second kappa shape index (κ2) is 22.1. The Morgan fingerprint density at radius 3 is 1.25 bits per heavy atom. The largest absolute Gasteiger partial charge is 0.309 e. The standard InChI is InChI=1S/C46H28N4S.C40H22N2S3/c1-5-19-40-34(15-1)35-16-2-6-20-41(35)49(40)32-13-9-11-29(25-32)30-23-24-44-38(27-30)45-46(51-44)47-28-39(48-45)31-12-10-14-33(26-31)50-42-21-7-3-17-36(42)37-18-4-8-22-43(37)50;1-3-16-34-27(10-1)29-13-6-12-26(38(29)43-34)25-9-5-8-23(20-25)24-18-19-36-32(21-24)37-40(45-36)42-33(22-41-37)31-15-7-14-30-28-11-2-4-17-35(28)44-39(30)31/h1-28H;1-22H. The van der Waals surface area contributed by atoms with E-state index in [2.05, 4.69) is 300 Å². The normalized spacial score (nSPS) is 12.0. The van der Waals surface area contributed by atoms with Crippen LogP contribution in [0.15, 0.2) is 304 Å². The summed E-state index contributed by atoms with van der Waals surface area (Å²) in [5, 5.41) is 12.5. The van der Waals surface area contributed by atoms with Gasteiger partial charge in [-0.2, -0.15) is 0 Å². The highest BCUT2D eigenvalue weighted by atomic mass is 32.1. The zero-order valence-corrected chi connectivity index (χ0v) is 54.4. The fourth-order valence-corrected chi connectivity index (χ4v) is 19.0. The van der Waals surface area contributed by atoms with Crippen LogP contribution in [0, 0.1) is 0 Å². The number of aromatic nitrogens is 6. The van der Waals surface area contributed by atoms with Crippen LogP contribution in [-0.2, 0) is 0 Å². The third kappa shape index (κ3) is 8.87. The molecule has 10 heteroatoms. The number of hydrogen-bond acceptors (Lipinski definition) is 8. The van der Waals surface area contributed by atoms with E-state index < -0.39 is 0 Å². The van der Waals surface area contributed by atoms with Gasteiger partial charge in [0.15, 0.2) is 0 Å². The average molecular weight is 1300 g/mol. The van der Waals surface area contributed by atoms with Gasteiger partial charge >= 0.3 is 0 Å². The molecule has 0 saturated carbocycles. The van der Waals surface area contributed by atoms with Gasteiger partial charge in [0.2, 0.25) is 0 Å². The molecule has 0 atom stereocenters. The maximum Gasteiger partial charge on any atom is 0.143 e. The van der Waals surface area contributed by atoms with Gasteiger partial charge in [-0.3, -0.25) is 4.98 Å². The van der Waals surface area contributed by atoms with Crippen molar-refractivity contribution in [2.24, 2.45) is 0 Å². The molecule has 21 aromatic rings. The molecule has 21 rings (SSSR count). The molecular weight excluding hydrogens is 1250 g/mol. The molecular formula is C86H50N6S4. The Morgan fingerprint density at radius 1 is 0.240 bits per heavy atom. The SMILES string of the molecule is c1cc(-c2ccc3sc4nc(-c5cccc6c5sc5ccccc56)cnc4c3c2)cc(-c2cccc3c2sc2ccccc23)c1.c1cc(-c2ccc3sc4ncc(-c5cccc(-n6c7ccccc7c7ccccc76)c5)nc4c3c2)cc(-n2c3ccccc3c3ccccc32)c1. The molecule has 0 amide bonds. The molecule has 0 spiro atoms. The Balaban J connectivity index is 0.000000132. The van der Waals surface area contributed by atoms with Crippen LogP contribution in [0.5, 0.6) is 0 Å². The third-order valence-corrected chi connectivity index (χ3v) is 23.5. The molecule has 448 valence electrons. The van der Waals surface area contributed by atoms with Crippen LogP contribution in [0.2, 0.25) is 0 Å². The van der Waals surface area contributed by atoms with Gasteiger partial charge < -0.3 is 9.13 Å². The van der Waals surface area contributed by atoms with Crippen LogP contribution in [0.4, 0.5) is 0 Å². The summed E-state index contributed by atoms with van der Waals surface area (Å²) in [6.07, 6.45) is 3.87. The summed E-state index contributed by atoms with van der Waals surface area (Å²) in [4.78, 5) is 22.3. The first-order valence-electron chi connectivity index (χ1n) is 32.1. The minimum atomic E-state index is 0.864. The minimum Gasteiger partial charge on any atom is -0.309 e.